The van der Waals surface area contributed by atoms with Crippen molar-refractivity contribution < 1.29 is 0 Å². The number of para-hydroxylation sites is 6. The number of hydrogen-bond acceptors (Lipinski definition) is 3. The predicted molar refractivity (Wildman–Crippen MR) is 379 cm³/mol. The first-order chi connectivity index (χ1) is 44.7. The Kier molecular flexibility index (Phi) is 12.8. The summed E-state index contributed by atoms with van der Waals surface area (Å²) in [6.45, 7) is -0.224. The molecule has 0 amide bonds. The third kappa shape index (κ3) is 8.61. The Balaban J connectivity index is 1.06. The zero-order chi connectivity index (χ0) is 59.5. The first kappa shape index (κ1) is 52.7. The van der Waals surface area contributed by atoms with Crippen LogP contribution < -0.4 is 31.1 Å². The number of anilines is 9. The molecule has 17 rings (SSSR count). The van der Waals surface area contributed by atoms with Gasteiger partial charge in [-0.15, -0.1) is 0 Å². The van der Waals surface area contributed by atoms with Crippen LogP contribution in [0.3, 0.4) is 0 Å². The van der Waals surface area contributed by atoms with Gasteiger partial charge in [0.15, 0.2) is 0 Å². The molecule has 2 aliphatic heterocycles. The van der Waals surface area contributed by atoms with E-state index in [1.54, 1.807) is 0 Å². The lowest BCUT2D eigenvalue weighted by molar-refractivity contribution is 0.751. The van der Waals surface area contributed by atoms with Crippen LogP contribution in [0.1, 0.15) is 22.3 Å². The molecule has 3 heterocycles. The Morgan fingerprint density at radius 2 is 0.744 bits per heavy atom. The third-order valence-electron chi connectivity index (χ3n) is 18.7. The lowest BCUT2D eigenvalue weighted by Gasteiger charge is -2.49. The Morgan fingerprint density at radius 1 is 0.289 bits per heavy atom. The number of aromatic nitrogens is 1. The molecule has 2 aliphatic rings. The van der Waals surface area contributed by atoms with Gasteiger partial charge in [0, 0.05) is 78.4 Å². The minimum atomic E-state index is -0.865. The van der Waals surface area contributed by atoms with Crippen molar-refractivity contribution in [1.29, 1.82) is 0 Å². The number of fused-ring (bicyclic) bond motifs is 7. The number of H-pyrrole nitrogens is 1. The monoisotopic (exact) mass is 1150 g/mol. The fraction of sp³-hybridized carbons (Fsp3) is 0.0118. The summed E-state index contributed by atoms with van der Waals surface area (Å²) in [5.74, 6) is 0. The van der Waals surface area contributed by atoms with Crippen LogP contribution >= 0.6 is 0 Å². The molecule has 1 N–H and O–H groups in total. The summed E-state index contributed by atoms with van der Waals surface area (Å²) in [6, 6.07) is 130. The fourth-order valence-corrected chi connectivity index (χ4v) is 14.8. The van der Waals surface area contributed by atoms with Crippen molar-refractivity contribution in [3.63, 3.8) is 0 Å². The second-order valence-electron chi connectivity index (χ2n) is 23.6. The molecule has 0 saturated heterocycles. The van der Waals surface area contributed by atoms with E-state index in [1.165, 1.54) is 49.4 Å². The van der Waals surface area contributed by atoms with Crippen LogP contribution in [0, 0.1) is 0 Å². The molecular weight excluding hydrogens is 1090 g/mol. The summed E-state index contributed by atoms with van der Waals surface area (Å²) in [5.41, 5.74) is 26.5. The molecule has 4 nitrogen and oxygen atoms in total. The van der Waals surface area contributed by atoms with Crippen LogP contribution in [0.15, 0.2) is 352 Å². The van der Waals surface area contributed by atoms with Crippen LogP contribution in [0.4, 0.5) is 51.2 Å². The van der Waals surface area contributed by atoms with E-state index < -0.39 is 5.41 Å². The Labute approximate surface area is 525 Å². The van der Waals surface area contributed by atoms with Crippen LogP contribution in [0.2, 0.25) is 0 Å². The fourth-order valence-electron chi connectivity index (χ4n) is 14.8. The molecule has 0 spiro atoms. The van der Waals surface area contributed by atoms with Gasteiger partial charge in [-0.1, -0.05) is 254 Å². The maximum absolute atomic E-state index is 3.75. The van der Waals surface area contributed by atoms with Crippen molar-refractivity contribution >= 4 is 96.1 Å². The van der Waals surface area contributed by atoms with Crippen molar-refractivity contribution in [2.75, 3.05) is 14.7 Å². The summed E-state index contributed by atoms with van der Waals surface area (Å²) in [6.07, 6.45) is 0. The van der Waals surface area contributed by atoms with E-state index in [9.17, 15) is 0 Å². The molecule has 0 unspecified atom stereocenters. The lowest BCUT2D eigenvalue weighted by Crippen LogP contribution is -2.65. The van der Waals surface area contributed by atoms with Gasteiger partial charge in [-0.05, 0) is 159 Å². The number of nitrogens with one attached hydrogen (secondary N) is 1. The van der Waals surface area contributed by atoms with Crippen molar-refractivity contribution in [3.05, 3.63) is 374 Å². The van der Waals surface area contributed by atoms with Crippen molar-refractivity contribution in [1.82, 2.24) is 4.98 Å². The average molecular weight is 1150 g/mol. The third-order valence-corrected chi connectivity index (χ3v) is 18.7. The average Bonchev–Trinajstić information content (AvgIpc) is 0.762. The smallest absolute Gasteiger partial charge is 0.247 e. The Hall–Kier alpha value is -11.7. The van der Waals surface area contributed by atoms with Gasteiger partial charge in [0.05, 0.1) is 11.1 Å². The predicted octanol–water partition coefficient (Wildman–Crippen LogP) is 20.3. The molecule has 0 bridgehead atoms. The molecule has 1 aromatic heterocycles. The Morgan fingerprint density at radius 3 is 1.28 bits per heavy atom. The van der Waals surface area contributed by atoms with E-state index in [-0.39, 0.29) is 6.71 Å². The SMILES string of the molecule is c1ccc(-c2cccc(-c3ccccc3)c2N2c3cc(N(c4ccccc4)c4ccccc4)ccc3B3c4ccc(N(c5ccccc5)c5ccccc5)cc4C(c4ccccc4)(c4ccccc4)c4cc(-c5ccc6[nH]c7ccccc7c6c5)cc2c43)cc1. The first-order valence-corrected chi connectivity index (χ1v) is 31.1. The summed E-state index contributed by atoms with van der Waals surface area (Å²) >= 11 is 0. The summed E-state index contributed by atoms with van der Waals surface area (Å²) in [4.78, 5) is 11.3. The van der Waals surface area contributed by atoms with E-state index >= 15 is 0 Å². The molecule has 0 radical (unpaired) electrons. The van der Waals surface area contributed by atoms with Gasteiger partial charge in [0.25, 0.3) is 0 Å². The van der Waals surface area contributed by atoms with Crippen LogP contribution in [0.5, 0.6) is 0 Å². The maximum atomic E-state index is 3.75. The number of aromatic amines is 1. The highest BCUT2D eigenvalue weighted by Crippen LogP contribution is 2.55. The van der Waals surface area contributed by atoms with E-state index in [2.05, 4.69) is 372 Å². The summed E-state index contributed by atoms with van der Waals surface area (Å²) < 4.78 is 0. The minimum absolute atomic E-state index is 0.224. The maximum Gasteiger partial charge on any atom is 0.247 e. The number of benzene rings is 14. The van der Waals surface area contributed by atoms with E-state index in [1.807, 2.05) is 0 Å². The molecule has 0 aliphatic carbocycles. The summed E-state index contributed by atoms with van der Waals surface area (Å²) in [7, 11) is 0. The van der Waals surface area contributed by atoms with Gasteiger partial charge in [0.1, 0.15) is 0 Å². The number of rotatable bonds is 12. The molecule has 0 atom stereocenters. The molecule has 90 heavy (non-hydrogen) atoms. The highest BCUT2D eigenvalue weighted by Gasteiger charge is 2.52. The van der Waals surface area contributed by atoms with Gasteiger partial charge < -0.3 is 19.7 Å². The zero-order valence-corrected chi connectivity index (χ0v) is 49.4. The summed E-state index contributed by atoms with van der Waals surface area (Å²) in [5, 5.41) is 2.39. The molecule has 0 saturated carbocycles. The van der Waals surface area contributed by atoms with E-state index in [4.69, 9.17) is 0 Å². The van der Waals surface area contributed by atoms with Crippen molar-refractivity contribution in [2.24, 2.45) is 0 Å². The standard InChI is InChI=1S/C85H59BN4/c1-9-28-59(29-10-1)71-45-27-46-72(60-30-11-2-12-31-60)84(71)90-81-58-70(89(67-40-21-7-22-41-67)68-42-23-8-24-43-68)50-52-78(81)86-77-51-49-69(88(65-36-17-5-18-37-65)66-38-19-6-20-39-66)57-75(77)85(63-32-13-3-14-33-63,64-34-15-4-16-35-64)76-55-62(56-82(90)83(76)86)61-48-53-80-74(54-61)73-44-25-26-47-79(73)87-80/h1-58,87H. The van der Waals surface area contributed by atoms with E-state index in [0.717, 1.165) is 95.6 Å². The number of hydrogen-bond donors (Lipinski definition) is 1. The quantitative estimate of drug-likeness (QED) is 0.123. The minimum Gasteiger partial charge on any atom is -0.355 e. The highest BCUT2D eigenvalue weighted by atomic mass is 15.2. The topological polar surface area (TPSA) is 25.5 Å². The molecule has 5 heteroatoms. The highest BCUT2D eigenvalue weighted by molar-refractivity contribution is 6.99. The molecular formula is C85H59BN4. The largest absolute Gasteiger partial charge is 0.355 e. The number of nitrogens with zero attached hydrogens (tertiary/aromatic N) is 3. The van der Waals surface area contributed by atoms with Gasteiger partial charge in [-0.25, -0.2) is 0 Å². The van der Waals surface area contributed by atoms with Gasteiger partial charge in [0.2, 0.25) is 6.71 Å². The molecule has 14 aromatic carbocycles. The Bertz CT molecular complexity index is 4940. The van der Waals surface area contributed by atoms with Crippen molar-refractivity contribution in [2.45, 2.75) is 5.41 Å². The van der Waals surface area contributed by atoms with Crippen LogP contribution in [-0.2, 0) is 5.41 Å². The molecule has 15 aromatic rings. The van der Waals surface area contributed by atoms with Crippen LogP contribution in [-0.4, -0.2) is 11.7 Å². The zero-order valence-electron chi connectivity index (χ0n) is 49.4. The molecule has 422 valence electrons. The normalized spacial score (nSPS) is 12.7. The lowest BCUT2D eigenvalue weighted by atomic mass is 9.29. The first-order valence-electron chi connectivity index (χ1n) is 31.1. The van der Waals surface area contributed by atoms with Gasteiger partial charge >= 0.3 is 0 Å². The van der Waals surface area contributed by atoms with Gasteiger partial charge in [-0.2, -0.15) is 0 Å². The second-order valence-corrected chi connectivity index (χ2v) is 23.6. The van der Waals surface area contributed by atoms with Crippen molar-refractivity contribution in [3.8, 4) is 33.4 Å². The van der Waals surface area contributed by atoms with Gasteiger partial charge in [-0.3, -0.25) is 0 Å². The second kappa shape index (κ2) is 21.9. The van der Waals surface area contributed by atoms with Crippen LogP contribution in [0.25, 0.3) is 55.2 Å². The van der Waals surface area contributed by atoms with E-state index in [0.29, 0.717) is 0 Å². The molecule has 0 fully saturated rings.